The average Bonchev–Trinajstić information content (AvgIpc) is 3.19. The summed E-state index contributed by atoms with van der Waals surface area (Å²) in [6.07, 6.45) is 7.14. The van der Waals surface area contributed by atoms with Crippen LogP contribution in [0.2, 0.25) is 0 Å². The fourth-order valence-corrected chi connectivity index (χ4v) is 4.53. The molecule has 1 aliphatic heterocycles. The number of piperidine rings is 1. The Balaban J connectivity index is 1.53. The molecule has 0 spiro atoms. The number of nitrogens with zero attached hydrogens (tertiary/aromatic N) is 4. The number of fused-ring (bicyclic) bond motifs is 1. The van der Waals surface area contributed by atoms with Crippen molar-refractivity contribution in [2.75, 3.05) is 24.7 Å². The topological polar surface area (TPSA) is 106 Å². The van der Waals surface area contributed by atoms with Crippen molar-refractivity contribution in [1.82, 2.24) is 19.3 Å². The molecule has 0 atom stereocenters. The first kappa shape index (κ1) is 23.0. The van der Waals surface area contributed by atoms with Crippen molar-refractivity contribution in [3.63, 3.8) is 0 Å². The summed E-state index contributed by atoms with van der Waals surface area (Å²) in [5.74, 6) is 0.708. The minimum absolute atomic E-state index is 0.0908. The number of carbonyl (C=O) groups excluding carboxylic acids is 1. The van der Waals surface area contributed by atoms with Crippen LogP contribution in [-0.4, -0.2) is 59.2 Å². The molecule has 9 nitrogen and oxygen atoms in total. The maximum atomic E-state index is 14.5. The highest BCUT2D eigenvalue weighted by molar-refractivity contribution is 7.90. The van der Waals surface area contributed by atoms with Crippen LogP contribution in [0.1, 0.15) is 38.4 Å². The zero-order valence-corrected chi connectivity index (χ0v) is 19.5. The quantitative estimate of drug-likeness (QED) is 0.599. The number of sulfone groups is 1. The number of carbonyl (C=O) groups is 1. The Bertz CT molecular complexity index is 1280. The highest BCUT2D eigenvalue weighted by Gasteiger charge is 2.28. The first-order valence-electron chi connectivity index (χ1n) is 10.7. The zero-order valence-electron chi connectivity index (χ0n) is 18.7. The van der Waals surface area contributed by atoms with Crippen LogP contribution in [0.3, 0.4) is 0 Å². The third kappa shape index (κ3) is 4.92. The number of anilines is 2. The molecule has 33 heavy (non-hydrogen) atoms. The third-order valence-corrected chi connectivity index (χ3v) is 6.67. The molecule has 176 valence electrons. The van der Waals surface area contributed by atoms with Crippen LogP contribution in [-0.2, 0) is 14.6 Å². The van der Waals surface area contributed by atoms with E-state index in [1.807, 2.05) is 18.2 Å². The molecule has 11 heteroatoms. The Hall–Kier alpha value is -3.21. The van der Waals surface area contributed by atoms with Crippen LogP contribution in [0.4, 0.5) is 20.7 Å². The molecule has 1 aromatic carbocycles. The Labute approximate surface area is 191 Å². The third-order valence-electron chi connectivity index (χ3n) is 5.56. The molecule has 1 saturated heterocycles. The second-order valence-corrected chi connectivity index (χ2v) is 10.4. The molecule has 1 aliphatic rings. The van der Waals surface area contributed by atoms with E-state index < -0.39 is 15.7 Å². The number of nitrogens with one attached hydrogen (secondary N) is 1. The molecular formula is C22H26FN5O4S. The van der Waals surface area contributed by atoms with E-state index in [0.717, 1.165) is 31.0 Å². The summed E-state index contributed by atoms with van der Waals surface area (Å²) >= 11 is 0. The van der Waals surface area contributed by atoms with Gasteiger partial charge in [-0.2, -0.15) is 0 Å². The van der Waals surface area contributed by atoms with Crippen LogP contribution >= 0.6 is 0 Å². The minimum atomic E-state index is -3.50. The summed E-state index contributed by atoms with van der Waals surface area (Å²) in [6, 6.07) is 3.71. The molecular weight excluding hydrogens is 449 g/mol. The number of ether oxygens (including phenoxy) is 1. The second kappa shape index (κ2) is 8.97. The second-order valence-electron chi connectivity index (χ2n) is 8.38. The van der Waals surface area contributed by atoms with Crippen molar-refractivity contribution in [2.45, 2.75) is 43.6 Å². The SMILES string of the molecule is CC(C)OC(=O)N1CCC(c2ncc3c(Nc4ccc(S(C)(=O)=O)cc4F)nccn23)CC1. The van der Waals surface area contributed by atoms with E-state index in [9.17, 15) is 17.6 Å². The number of hydrogen-bond donors (Lipinski definition) is 1. The normalized spacial score (nSPS) is 15.2. The Morgan fingerprint density at radius 2 is 1.97 bits per heavy atom. The van der Waals surface area contributed by atoms with Gasteiger partial charge in [-0.1, -0.05) is 0 Å². The minimum Gasteiger partial charge on any atom is -0.447 e. The molecule has 0 radical (unpaired) electrons. The standard InChI is InChI=1S/C22H26FN5O4S/c1-14(2)32-22(29)27-9-6-15(7-10-27)21-25-13-19-20(24-8-11-28(19)21)26-18-5-4-16(12-17(18)23)33(3,30)31/h4-5,8,11-15H,6-7,9-10H2,1-3H3,(H,24,26). The fourth-order valence-electron chi connectivity index (χ4n) is 3.90. The summed E-state index contributed by atoms with van der Waals surface area (Å²) in [5.41, 5.74) is 0.781. The highest BCUT2D eigenvalue weighted by Crippen LogP contribution is 2.30. The average molecular weight is 476 g/mol. The van der Waals surface area contributed by atoms with E-state index in [4.69, 9.17) is 4.74 Å². The van der Waals surface area contributed by atoms with Crippen LogP contribution in [0, 0.1) is 5.82 Å². The van der Waals surface area contributed by atoms with Gasteiger partial charge in [0.15, 0.2) is 15.7 Å². The first-order valence-corrected chi connectivity index (χ1v) is 12.6. The van der Waals surface area contributed by atoms with Crippen molar-refractivity contribution in [1.29, 1.82) is 0 Å². The number of amides is 1. The van der Waals surface area contributed by atoms with Gasteiger partial charge < -0.3 is 15.0 Å². The molecule has 3 heterocycles. The molecule has 0 saturated carbocycles. The van der Waals surface area contributed by atoms with E-state index in [2.05, 4.69) is 15.3 Å². The number of benzene rings is 1. The van der Waals surface area contributed by atoms with Gasteiger partial charge in [-0.05, 0) is 44.9 Å². The van der Waals surface area contributed by atoms with E-state index >= 15 is 0 Å². The lowest BCUT2D eigenvalue weighted by molar-refractivity contribution is 0.0688. The van der Waals surface area contributed by atoms with Gasteiger partial charge in [0.05, 0.1) is 22.9 Å². The van der Waals surface area contributed by atoms with E-state index in [1.54, 1.807) is 23.5 Å². The summed E-state index contributed by atoms with van der Waals surface area (Å²) in [4.78, 5) is 22.7. The molecule has 0 aliphatic carbocycles. The van der Waals surface area contributed by atoms with Gasteiger partial charge in [0.1, 0.15) is 17.2 Å². The molecule has 3 aromatic rings. The first-order chi connectivity index (χ1) is 15.6. The molecule has 0 unspecified atom stereocenters. The lowest BCUT2D eigenvalue weighted by atomic mass is 9.96. The number of halogens is 1. The number of likely N-dealkylation sites (tertiary alicyclic amines) is 1. The maximum Gasteiger partial charge on any atom is 0.410 e. The van der Waals surface area contributed by atoms with Gasteiger partial charge >= 0.3 is 6.09 Å². The summed E-state index contributed by atoms with van der Waals surface area (Å²) in [5, 5.41) is 2.94. The van der Waals surface area contributed by atoms with Crippen molar-refractivity contribution < 1.29 is 22.3 Å². The van der Waals surface area contributed by atoms with Crippen LogP contribution < -0.4 is 5.32 Å². The maximum absolute atomic E-state index is 14.5. The summed E-state index contributed by atoms with van der Waals surface area (Å²) in [6.45, 7) is 4.82. The van der Waals surface area contributed by atoms with Crippen LogP contribution in [0.25, 0.3) is 5.52 Å². The van der Waals surface area contributed by atoms with Crippen molar-refractivity contribution >= 4 is 33.0 Å². The largest absolute Gasteiger partial charge is 0.447 e. The Morgan fingerprint density at radius 1 is 1.24 bits per heavy atom. The van der Waals surface area contributed by atoms with Crippen molar-refractivity contribution in [3.8, 4) is 0 Å². The smallest absolute Gasteiger partial charge is 0.410 e. The Kier molecular flexibility index (Phi) is 6.24. The molecule has 2 aromatic heterocycles. The van der Waals surface area contributed by atoms with Crippen LogP contribution in [0.5, 0.6) is 0 Å². The van der Waals surface area contributed by atoms with E-state index in [0.29, 0.717) is 24.4 Å². The molecule has 4 rings (SSSR count). The van der Waals surface area contributed by atoms with E-state index in [1.165, 1.54) is 12.1 Å². The molecule has 0 bridgehead atoms. The summed E-state index contributed by atoms with van der Waals surface area (Å²) < 4.78 is 45.0. The predicted octanol–water partition coefficient (Wildman–Crippen LogP) is 3.74. The van der Waals surface area contributed by atoms with Gasteiger partial charge in [-0.25, -0.2) is 27.6 Å². The van der Waals surface area contributed by atoms with Gasteiger partial charge in [0.25, 0.3) is 0 Å². The molecule has 1 fully saturated rings. The van der Waals surface area contributed by atoms with Gasteiger partial charge in [-0.3, -0.25) is 4.40 Å². The van der Waals surface area contributed by atoms with Gasteiger partial charge in [-0.15, -0.1) is 0 Å². The lowest BCUT2D eigenvalue weighted by Crippen LogP contribution is -2.39. The predicted molar refractivity (Wildman–Crippen MR) is 121 cm³/mol. The van der Waals surface area contributed by atoms with Crippen LogP contribution in [0.15, 0.2) is 41.7 Å². The lowest BCUT2D eigenvalue weighted by Gasteiger charge is -2.31. The fraction of sp³-hybridized carbons (Fsp3) is 0.409. The van der Waals surface area contributed by atoms with E-state index in [-0.39, 0.29) is 28.7 Å². The number of hydrogen-bond acceptors (Lipinski definition) is 7. The number of rotatable bonds is 5. The van der Waals surface area contributed by atoms with Crippen molar-refractivity contribution in [2.24, 2.45) is 0 Å². The Morgan fingerprint density at radius 3 is 2.61 bits per heavy atom. The number of imidazole rings is 1. The van der Waals surface area contributed by atoms with Crippen molar-refractivity contribution in [3.05, 3.63) is 48.4 Å². The molecule has 1 amide bonds. The zero-order chi connectivity index (χ0) is 23.8. The monoisotopic (exact) mass is 475 g/mol. The highest BCUT2D eigenvalue weighted by atomic mass is 32.2. The molecule has 1 N–H and O–H groups in total. The van der Waals surface area contributed by atoms with Gasteiger partial charge in [0, 0.05) is 37.7 Å². The number of aromatic nitrogens is 3. The van der Waals surface area contributed by atoms with Gasteiger partial charge in [0.2, 0.25) is 0 Å². The summed E-state index contributed by atoms with van der Waals surface area (Å²) in [7, 11) is -3.50.